The molecule has 0 N–H and O–H groups in total. The zero-order valence-electron chi connectivity index (χ0n) is 33.3. The van der Waals surface area contributed by atoms with E-state index >= 15 is 0 Å². The molecule has 2 nitrogen and oxygen atoms in total. The Hall–Kier alpha value is -7.20. The molecule has 0 radical (unpaired) electrons. The highest BCUT2D eigenvalue weighted by molar-refractivity contribution is 7.25. The molecule has 0 amide bonds. The van der Waals surface area contributed by atoms with Crippen LogP contribution in [0.25, 0.3) is 86.6 Å². The maximum Gasteiger partial charge on any atom is 0.136 e. The van der Waals surface area contributed by atoms with Crippen LogP contribution in [0.3, 0.4) is 0 Å². The Morgan fingerprint density at radius 1 is 0.400 bits per heavy atom. The molecule has 0 unspecified atom stereocenters. The molecule has 2 aromatic heterocycles. The van der Waals surface area contributed by atoms with Crippen LogP contribution in [0.1, 0.15) is 25.0 Å². The van der Waals surface area contributed by atoms with Crippen molar-refractivity contribution in [1.29, 1.82) is 0 Å². The average molecular weight is 786 g/mol. The molecule has 11 aromatic rings. The normalized spacial score (nSPS) is 13.0. The summed E-state index contributed by atoms with van der Waals surface area (Å²) in [5.41, 5.74) is 17.6. The van der Waals surface area contributed by atoms with Gasteiger partial charge in [-0.15, -0.1) is 11.3 Å². The second kappa shape index (κ2) is 13.4. The summed E-state index contributed by atoms with van der Waals surface area (Å²) in [6, 6.07) is 73.2. The molecule has 3 heteroatoms. The molecule has 1 aliphatic carbocycles. The van der Waals surface area contributed by atoms with Gasteiger partial charge in [-0.2, -0.15) is 0 Å². The molecule has 0 atom stereocenters. The van der Waals surface area contributed by atoms with E-state index in [0.717, 1.165) is 38.9 Å². The van der Waals surface area contributed by atoms with Gasteiger partial charge in [0, 0.05) is 47.7 Å². The smallest absolute Gasteiger partial charge is 0.136 e. The highest BCUT2D eigenvalue weighted by Gasteiger charge is 2.38. The number of benzene rings is 9. The predicted molar refractivity (Wildman–Crippen MR) is 255 cm³/mol. The van der Waals surface area contributed by atoms with Crippen LogP contribution in [-0.2, 0) is 5.41 Å². The van der Waals surface area contributed by atoms with Gasteiger partial charge in [-0.1, -0.05) is 141 Å². The Morgan fingerprint density at radius 2 is 0.983 bits per heavy atom. The molecule has 0 saturated carbocycles. The van der Waals surface area contributed by atoms with E-state index in [9.17, 15) is 0 Å². The zero-order valence-corrected chi connectivity index (χ0v) is 34.1. The maximum atomic E-state index is 6.26. The summed E-state index contributed by atoms with van der Waals surface area (Å²) < 4.78 is 8.84. The summed E-state index contributed by atoms with van der Waals surface area (Å²) in [7, 11) is 0. The number of para-hydroxylation sites is 1. The molecule has 0 aliphatic heterocycles. The minimum atomic E-state index is -0.170. The fourth-order valence-corrected chi connectivity index (χ4v) is 10.8. The van der Waals surface area contributed by atoms with Crippen LogP contribution in [0, 0.1) is 0 Å². The number of rotatable bonds is 6. The Balaban J connectivity index is 0.950. The largest absolute Gasteiger partial charge is 0.456 e. The molecule has 2 heterocycles. The van der Waals surface area contributed by atoms with Crippen LogP contribution in [0.4, 0.5) is 17.1 Å². The number of furan rings is 1. The van der Waals surface area contributed by atoms with E-state index in [0.29, 0.717) is 0 Å². The van der Waals surface area contributed by atoms with Gasteiger partial charge in [0.2, 0.25) is 0 Å². The van der Waals surface area contributed by atoms with E-state index in [1.54, 1.807) is 0 Å². The Bertz CT molecular complexity index is 3460. The summed E-state index contributed by atoms with van der Waals surface area (Å²) in [5, 5.41) is 4.87. The van der Waals surface area contributed by atoms with Gasteiger partial charge in [0.05, 0.1) is 5.69 Å². The first-order valence-corrected chi connectivity index (χ1v) is 21.5. The number of hydrogen-bond acceptors (Lipinski definition) is 3. The van der Waals surface area contributed by atoms with Crippen LogP contribution < -0.4 is 4.90 Å². The van der Waals surface area contributed by atoms with Gasteiger partial charge in [-0.3, -0.25) is 0 Å². The summed E-state index contributed by atoms with van der Waals surface area (Å²) in [6.45, 7) is 4.74. The maximum absolute atomic E-state index is 6.26. The Labute approximate surface area is 353 Å². The minimum Gasteiger partial charge on any atom is -0.456 e. The van der Waals surface area contributed by atoms with Crippen molar-refractivity contribution < 1.29 is 4.42 Å². The van der Waals surface area contributed by atoms with Crippen LogP contribution in [0.15, 0.2) is 205 Å². The SMILES string of the molecule is CC1(C)c2ccccc2-c2cccc(N(c3ccc(-c4ccc5sc6ccc(-c7ccc8c(c7)oc7ccccc78)cc6c5c4)cc3)c3cccc(-c4ccccc4)c3)c21. The first-order chi connectivity index (χ1) is 29.5. The standard InChI is InChI=1S/C57H39NOS/c1-57(2)50-19-8-6-16-44(50)47-18-11-20-51(56(47)57)58(43-15-10-14-38(32-43)36-12-4-3-5-13-36)42-27-22-37(23-28-42)39-25-30-54-48(33-39)49-34-40(26-31-55(49)60-54)41-24-29-46-45-17-7-9-21-52(45)59-53(46)35-41/h3-35H,1-2H3. The Kier molecular flexibility index (Phi) is 7.79. The van der Waals surface area contributed by atoms with Gasteiger partial charge < -0.3 is 9.32 Å². The fourth-order valence-electron chi connectivity index (χ4n) is 9.73. The lowest BCUT2D eigenvalue weighted by Gasteiger charge is -2.32. The Morgan fingerprint density at radius 3 is 1.80 bits per heavy atom. The van der Waals surface area contributed by atoms with Crippen molar-refractivity contribution in [3.05, 3.63) is 211 Å². The molecular weight excluding hydrogens is 747 g/mol. The zero-order chi connectivity index (χ0) is 40.0. The molecular formula is C57H39NOS. The van der Waals surface area contributed by atoms with E-state index < -0.39 is 0 Å². The molecule has 284 valence electrons. The van der Waals surface area contributed by atoms with Gasteiger partial charge in [0.15, 0.2) is 0 Å². The van der Waals surface area contributed by atoms with E-state index in [-0.39, 0.29) is 5.41 Å². The highest BCUT2D eigenvalue weighted by atomic mass is 32.1. The number of nitrogens with zero attached hydrogens (tertiary/aromatic N) is 1. The third-order valence-corrected chi connectivity index (χ3v) is 13.8. The van der Waals surface area contributed by atoms with Crippen molar-refractivity contribution in [1.82, 2.24) is 0 Å². The lowest BCUT2D eigenvalue weighted by atomic mass is 9.81. The van der Waals surface area contributed by atoms with Crippen molar-refractivity contribution in [3.8, 4) is 44.5 Å². The molecule has 0 bridgehead atoms. The second-order valence-electron chi connectivity index (χ2n) is 16.5. The summed E-state index contributed by atoms with van der Waals surface area (Å²) in [5.74, 6) is 0. The third-order valence-electron chi connectivity index (χ3n) is 12.7. The molecule has 1 aliphatic rings. The van der Waals surface area contributed by atoms with Gasteiger partial charge in [-0.25, -0.2) is 0 Å². The fraction of sp³-hybridized carbons (Fsp3) is 0.0526. The number of thiophene rings is 1. The van der Waals surface area contributed by atoms with Gasteiger partial charge in [0.1, 0.15) is 11.2 Å². The molecule has 0 spiro atoms. The van der Waals surface area contributed by atoms with Gasteiger partial charge in [-0.05, 0) is 128 Å². The summed E-state index contributed by atoms with van der Waals surface area (Å²) >= 11 is 1.86. The molecule has 60 heavy (non-hydrogen) atoms. The predicted octanol–water partition coefficient (Wildman–Crippen LogP) is 16.7. The quantitative estimate of drug-likeness (QED) is 0.167. The first kappa shape index (κ1) is 34.8. The summed E-state index contributed by atoms with van der Waals surface area (Å²) in [6.07, 6.45) is 0. The van der Waals surface area contributed by atoms with E-state index in [2.05, 4.69) is 207 Å². The lowest BCUT2D eigenvalue weighted by Crippen LogP contribution is -2.20. The lowest BCUT2D eigenvalue weighted by molar-refractivity contribution is 0.661. The van der Waals surface area contributed by atoms with Crippen molar-refractivity contribution in [2.45, 2.75) is 19.3 Å². The van der Waals surface area contributed by atoms with Crippen LogP contribution in [-0.4, -0.2) is 0 Å². The van der Waals surface area contributed by atoms with Crippen molar-refractivity contribution in [2.75, 3.05) is 4.90 Å². The van der Waals surface area contributed by atoms with Gasteiger partial charge >= 0.3 is 0 Å². The van der Waals surface area contributed by atoms with E-state index in [1.807, 2.05) is 23.5 Å². The molecule has 0 fully saturated rings. The molecule has 9 aromatic carbocycles. The average Bonchev–Trinajstić information content (AvgIpc) is 3.94. The van der Waals surface area contributed by atoms with Gasteiger partial charge in [0.25, 0.3) is 0 Å². The molecule has 12 rings (SSSR count). The topological polar surface area (TPSA) is 16.4 Å². The minimum absolute atomic E-state index is 0.170. The number of hydrogen-bond donors (Lipinski definition) is 0. The number of fused-ring (bicyclic) bond motifs is 9. The van der Waals surface area contributed by atoms with Crippen LogP contribution in [0.5, 0.6) is 0 Å². The summed E-state index contributed by atoms with van der Waals surface area (Å²) in [4.78, 5) is 2.46. The van der Waals surface area contributed by atoms with Crippen LogP contribution >= 0.6 is 11.3 Å². The second-order valence-corrected chi connectivity index (χ2v) is 17.6. The van der Waals surface area contributed by atoms with Crippen LogP contribution in [0.2, 0.25) is 0 Å². The number of anilines is 3. The molecule has 0 saturated heterocycles. The highest BCUT2D eigenvalue weighted by Crippen LogP contribution is 2.54. The van der Waals surface area contributed by atoms with Crippen molar-refractivity contribution >= 4 is 70.5 Å². The van der Waals surface area contributed by atoms with E-state index in [1.165, 1.54) is 75.9 Å². The first-order valence-electron chi connectivity index (χ1n) is 20.7. The van der Waals surface area contributed by atoms with Crippen molar-refractivity contribution in [2.24, 2.45) is 0 Å². The van der Waals surface area contributed by atoms with E-state index in [4.69, 9.17) is 4.42 Å². The monoisotopic (exact) mass is 785 g/mol. The third kappa shape index (κ3) is 5.47. The van der Waals surface area contributed by atoms with Crippen molar-refractivity contribution in [3.63, 3.8) is 0 Å².